The van der Waals surface area contributed by atoms with Crippen molar-refractivity contribution in [3.05, 3.63) is 35.2 Å². The van der Waals surface area contributed by atoms with Gasteiger partial charge in [-0.15, -0.1) is 0 Å². The Balaban J connectivity index is 2.69. The summed E-state index contributed by atoms with van der Waals surface area (Å²) in [6.07, 6.45) is 0.871. The maximum Gasteiger partial charge on any atom is 0.357 e. The molecular weight excluding hydrogens is 244 g/mol. The van der Waals surface area contributed by atoms with E-state index in [1.54, 1.807) is 14.0 Å². The fourth-order valence-corrected chi connectivity index (χ4v) is 2.08. The van der Waals surface area contributed by atoms with Crippen molar-refractivity contribution >= 4 is 5.97 Å². The van der Waals surface area contributed by atoms with Crippen molar-refractivity contribution in [2.45, 2.75) is 20.3 Å². The Kier molecular flexibility index (Phi) is 3.55. The van der Waals surface area contributed by atoms with Gasteiger partial charge in [0.2, 0.25) is 0 Å². The van der Waals surface area contributed by atoms with Crippen molar-refractivity contribution in [2.75, 3.05) is 7.11 Å². The second kappa shape index (κ2) is 5.14. The number of nitrogens with zero attached hydrogens (tertiary/aromatic N) is 1. The molecule has 2 N–H and O–H groups in total. The highest BCUT2D eigenvalue weighted by Crippen LogP contribution is 2.34. The monoisotopic (exact) mass is 260 g/mol. The number of aryl methyl sites for hydroxylation is 2. The van der Waals surface area contributed by atoms with Gasteiger partial charge in [0.15, 0.2) is 5.69 Å². The molecule has 0 spiro atoms. The molecule has 0 saturated carbocycles. The van der Waals surface area contributed by atoms with E-state index in [0.29, 0.717) is 17.0 Å². The van der Waals surface area contributed by atoms with Gasteiger partial charge in [-0.3, -0.25) is 5.10 Å². The van der Waals surface area contributed by atoms with Crippen LogP contribution < -0.4 is 4.74 Å². The van der Waals surface area contributed by atoms with Gasteiger partial charge in [0.1, 0.15) is 5.75 Å². The molecule has 1 heterocycles. The zero-order valence-corrected chi connectivity index (χ0v) is 11.2. The summed E-state index contributed by atoms with van der Waals surface area (Å²) in [7, 11) is 1.57. The Bertz CT molecular complexity index is 617. The van der Waals surface area contributed by atoms with Crippen LogP contribution in [0.3, 0.4) is 0 Å². The van der Waals surface area contributed by atoms with Crippen LogP contribution in [0.5, 0.6) is 5.75 Å². The van der Waals surface area contributed by atoms with Gasteiger partial charge in [0.05, 0.1) is 7.11 Å². The van der Waals surface area contributed by atoms with E-state index < -0.39 is 5.97 Å². The summed E-state index contributed by atoms with van der Waals surface area (Å²) in [6.45, 7) is 3.85. The number of ether oxygens (including phenoxy) is 1. The molecular formula is C14H16N2O3. The summed E-state index contributed by atoms with van der Waals surface area (Å²) < 4.78 is 5.32. The molecule has 100 valence electrons. The first-order valence-corrected chi connectivity index (χ1v) is 6.04. The molecule has 0 aliphatic rings. The minimum absolute atomic E-state index is 0.0176. The first-order valence-electron chi connectivity index (χ1n) is 6.04. The zero-order valence-electron chi connectivity index (χ0n) is 11.2. The number of aromatic nitrogens is 2. The third-order valence-corrected chi connectivity index (χ3v) is 3.09. The standard InChI is InChI=1S/C14H16N2O3/c1-4-9-5-6-11(19-3)10(7-9)12-8(2)15-16-13(12)14(17)18/h5-7H,4H2,1-3H3,(H,15,16)(H,17,18). The number of carboxylic acid groups (broad SMARTS) is 1. The van der Waals surface area contributed by atoms with E-state index in [0.717, 1.165) is 17.5 Å². The van der Waals surface area contributed by atoms with Gasteiger partial charge in [0, 0.05) is 16.8 Å². The van der Waals surface area contributed by atoms with E-state index in [-0.39, 0.29) is 5.69 Å². The number of rotatable bonds is 4. The van der Waals surface area contributed by atoms with Gasteiger partial charge >= 0.3 is 5.97 Å². The third-order valence-electron chi connectivity index (χ3n) is 3.09. The van der Waals surface area contributed by atoms with Crippen LogP contribution in [0.2, 0.25) is 0 Å². The number of H-pyrrole nitrogens is 1. The van der Waals surface area contributed by atoms with Crippen molar-refractivity contribution in [2.24, 2.45) is 0 Å². The highest BCUT2D eigenvalue weighted by atomic mass is 16.5. The number of hydrogen-bond donors (Lipinski definition) is 2. The Labute approximate surface area is 111 Å². The number of methoxy groups -OCH3 is 1. The van der Waals surface area contributed by atoms with Gasteiger partial charge in [-0.2, -0.15) is 5.10 Å². The number of carboxylic acids is 1. The van der Waals surface area contributed by atoms with Crippen LogP contribution in [-0.2, 0) is 6.42 Å². The summed E-state index contributed by atoms with van der Waals surface area (Å²) in [4.78, 5) is 11.2. The van der Waals surface area contributed by atoms with Crippen molar-refractivity contribution in [1.82, 2.24) is 10.2 Å². The predicted octanol–water partition coefficient (Wildman–Crippen LogP) is 2.65. The lowest BCUT2D eigenvalue weighted by atomic mass is 9.99. The predicted molar refractivity (Wildman–Crippen MR) is 71.7 cm³/mol. The molecule has 0 aliphatic carbocycles. The molecule has 0 amide bonds. The van der Waals surface area contributed by atoms with E-state index in [1.165, 1.54) is 0 Å². The molecule has 0 atom stereocenters. The molecule has 0 aliphatic heterocycles. The third kappa shape index (κ3) is 2.31. The van der Waals surface area contributed by atoms with E-state index in [4.69, 9.17) is 4.74 Å². The Hall–Kier alpha value is -2.30. The van der Waals surface area contributed by atoms with Crippen molar-refractivity contribution in [3.63, 3.8) is 0 Å². The maximum absolute atomic E-state index is 11.2. The lowest BCUT2D eigenvalue weighted by molar-refractivity contribution is 0.0691. The van der Waals surface area contributed by atoms with Crippen LogP contribution in [0.25, 0.3) is 11.1 Å². The van der Waals surface area contributed by atoms with Gasteiger partial charge in [-0.1, -0.05) is 13.0 Å². The zero-order chi connectivity index (χ0) is 14.0. The molecule has 5 nitrogen and oxygen atoms in total. The first kappa shape index (κ1) is 13.1. The number of benzene rings is 1. The minimum atomic E-state index is -1.05. The lowest BCUT2D eigenvalue weighted by Crippen LogP contribution is -2.00. The van der Waals surface area contributed by atoms with Crippen molar-refractivity contribution in [3.8, 4) is 16.9 Å². The lowest BCUT2D eigenvalue weighted by Gasteiger charge is -2.10. The molecule has 5 heteroatoms. The smallest absolute Gasteiger partial charge is 0.357 e. The second-order valence-electron chi connectivity index (χ2n) is 4.27. The van der Waals surface area contributed by atoms with Crippen LogP contribution in [0.15, 0.2) is 18.2 Å². The van der Waals surface area contributed by atoms with Crippen LogP contribution in [0.4, 0.5) is 0 Å². The molecule has 2 aromatic rings. The number of nitrogens with one attached hydrogen (secondary N) is 1. The average Bonchev–Trinajstić information content (AvgIpc) is 2.80. The molecule has 0 fully saturated rings. The first-order chi connectivity index (χ1) is 9.08. The topological polar surface area (TPSA) is 75.2 Å². The molecule has 0 radical (unpaired) electrons. The van der Waals surface area contributed by atoms with Gasteiger partial charge in [-0.05, 0) is 31.0 Å². The fraction of sp³-hybridized carbons (Fsp3) is 0.286. The normalized spacial score (nSPS) is 10.5. The van der Waals surface area contributed by atoms with Crippen LogP contribution in [-0.4, -0.2) is 28.4 Å². The van der Waals surface area contributed by atoms with Gasteiger partial charge < -0.3 is 9.84 Å². The van der Waals surface area contributed by atoms with Crippen molar-refractivity contribution < 1.29 is 14.6 Å². The summed E-state index contributed by atoms with van der Waals surface area (Å²) in [6, 6.07) is 5.77. The van der Waals surface area contributed by atoms with E-state index in [9.17, 15) is 9.90 Å². The number of aromatic carboxylic acids is 1. The van der Waals surface area contributed by atoms with E-state index in [2.05, 4.69) is 10.2 Å². The van der Waals surface area contributed by atoms with Crippen LogP contribution in [0, 0.1) is 6.92 Å². The molecule has 0 saturated heterocycles. The van der Waals surface area contributed by atoms with E-state index in [1.807, 2.05) is 25.1 Å². The van der Waals surface area contributed by atoms with Crippen LogP contribution >= 0.6 is 0 Å². The quantitative estimate of drug-likeness (QED) is 0.886. The summed E-state index contributed by atoms with van der Waals surface area (Å²) in [5.41, 5.74) is 3.19. The summed E-state index contributed by atoms with van der Waals surface area (Å²) >= 11 is 0. The number of carbonyl (C=O) groups is 1. The Morgan fingerprint density at radius 3 is 2.79 bits per heavy atom. The van der Waals surface area contributed by atoms with Crippen LogP contribution in [0.1, 0.15) is 28.7 Å². The van der Waals surface area contributed by atoms with Gasteiger partial charge in [-0.25, -0.2) is 4.79 Å². The van der Waals surface area contributed by atoms with Gasteiger partial charge in [0.25, 0.3) is 0 Å². The maximum atomic E-state index is 11.2. The largest absolute Gasteiger partial charge is 0.496 e. The number of aromatic amines is 1. The summed E-state index contributed by atoms with van der Waals surface area (Å²) in [5.74, 6) is -0.410. The average molecular weight is 260 g/mol. The Morgan fingerprint density at radius 2 is 2.21 bits per heavy atom. The highest BCUT2D eigenvalue weighted by molar-refractivity contribution is 5.95. The Morgan fingerprint density at radius 1 is 1.47 bits per heavy atom. The fourth-order valence-electron chi connectivity index (χ4n) is 2.08. The van der Waals surface area contributed by atoms with Crippen molar-refractivity contribution in [1.29, 1.82) is 0 Å². The highest BCUT2D eigenvalue weighted by Gasteiger charge is 2.21. The molecule has 19 heavy (non-hydrogen) atoms. The number of hydrogen-bond acceptors (Lipinski definition) is 3. The molecule has 0 unspecified atom stereocenters. The molecule has 1 aromatic carbocycles. The second-order valence-corrected chi connectivity index (χ2v) is 4.27. The minimum Gasteiger partial charge on any atom is -0.496 e. The molecule has 0 bridgehead atoms. The van der Waals surface area contributed by atoms with E-state index >= 15 is 0 Å². The molecule has 2 rings (SSSR count). The SMILES string of the molecule is CCc1ccc(OC)c(-c2c(C(=O)O)n[nH]c2C)c1. The molecule has 1 aromatic heterocycles. The summed E-state index contributed by atoms with van der Waals surface area (Å²) in [5, 5.41) is 15.8.